The first-order valence-corrected chi connectivity index (χ1v) is 7.80. The molecule has 1 saturated heterocycles. The summed E-state index contributed by atoms with van der Waals surface area (Å²) in [6.45, 7) is -1.18. The molecule has 0 bridgehead atoms. The first kappa shape index (κ1) is 17.5. The van der Waals surface area contributed by atoms with Crippen LogP contribution in [-0.4, -0.2) is 41.3 Å². The Labute approximate surface area is 140 Å². The fourth-order valence-corrected chi connectivity index (χ4v) is 3.53. The molecule has 1 unspecified atom stereocenters. The lowest BCUT2D eigenvalue weighted by molar-refractivity contribution is -0.187. The highest BCUT2D eigenvalue weighted by molar-refractivity contribution is 5.78. The predicted molar refractivity (Wildman–Crippen MR) is 78.2 cm³/mol. The first-order chi connectivity index (χ1) is 11.7. The lowest BCUT2D eigenvalue weighted by Gasteiger charge is -2.21. The van der Waals surface area contributed by atoms with E-state index >= 15 is 0 Å². The van der Waals surface area contributed by atoms with Crippen molar-refractivity contribution in [1.29, 1.82) is 0 Å². The maximum Gasteiger partial charge on any atom is 0.394 e. The highest BCUT2D eigenvalue weighted by atomic mass is 19.4. The molecule has 3 atom stereocenters. The van der Waals surface area contributed by atoms with Crippen LogP contribution < -0.4 is 5.32 Å². The number of fused-ring (bicyclic) bond motifs is 1. The molecule has 9 heteroatoms. The van der Waals surface area contributed by atoms with Gasteiger partial charge in [-0.15, -0.1) is 0 Å². The third kappa shape index (κ3) is 3.40. The van der Waals surface area contributed by atoms with Crippen LogP contribution in [0.2, 0.25) is 0 Å². The molecular formula is C16H16F4N2O3. The number of urea groups is 1. The highest BCUT2D eigenvalue weighted by Crippen LogP contribution is 2.38. The minimum atomic E-state index is -4.68. The number of hydrogen-bond acceptors (Lipinski definition) is 2. The Morgan fingerprint density at radius 2 is 1.96 bits per heavy atom. The van der Waals surface area contributed by atoms with E-state index in [4.69, 9.17) is 5.11 Å². The fourth-order valence-electron chi connectivity index (χ4n) is 3.53. The smallest absolute Gasteiger partial charge is 0.394 e. The number of carboxylic acids is 1. The van der Waals surface area contributed by atoms with Gasteiger partial charge in [0.25, 0.3) is 0 Å². The van der Waals surface area contributed by atoms with Gasteiger partial charge in [0.2, 0.25) is 0 Å². The second-order valence-electron chi connectivity index (χ2n) is 6.38. The van der Waals surface area contributed by atoms with E-state index in [9.17, 15) is 27.2 Å². The molecule has 0 aromatic heterocycles. The van der Waals surface area contributed by atoms with Gasteiger partial charge in [-0.25, -0.2) is 9.18 Å². The van der Waals surface area contributed by atoms with E-state index < -0.39 is 49.1 Å². The number of hydrogen-bond donors (Lipinski definition) is 2. The van der Waals surface area contributed by atoms with Gasteiger partial charge in [0, 0.05) is 13.1 Å². The summed E-state index contributed by atoms with van der Waals surface area (Å²) in [5, 5.41) is 11.6. The predicted octanol–water partition coefficient (Wildman–Crippen LogP) is 2.72. The number of aryl methyl sites for hydroxylation is 1. The van der Waals surface area contributed by atoms with Crippen molar-refractivity contribution in [2.75, 3.05) is 13.1 Å². The van der Waals surface area contributed by atoms with E-state index in [-0.39, 0.29) is 5.82 Å². The van der Waals surface area contributed by atoms with E-state index in [0.717, 1.165) is 16.0 Å². The van der Waals surface area contributed by atoms with Gasteiger partial charge in [-0.3, -0.25) is 4.79 Å². The number of benzene rings is 1. The minimum Gasteiger partial charge on any atom is -0.481 e. The number of likely N-dealkylation sites (tertiary alicyclic amines) is 1. The Kier molecular flexibility index (Phi) is 4.34. The fraction of sp³-hybridized carbons (Fsp3) is 0.500. The Hall–Kier alpha value is -2.32. The topological polar surface area (TPSA) is 69.6 Å². The van der Waals surface area contributed by atoms with Crippen molar-refractivity contribution >= 4 is 12.0 Å². The quantitative estimate of drug-likeness (QED) is 0.797. The molecule has 2 amide bonds. The van der Waals surface area contributed by atoms with E-state index in [1.807, 2.05) is 0 Å². The van der Waals surface area contributed by atoms with Gasteiger partial charge in [0.05, 0.1) is 17.9 Å². The molecule has 1 aromatic carbocycles. The van der Waals surface area contributed by atoms with Gasteiger partial charge in [-0.1, -0.05) is 6.07 Å². The molecule has 1 fully saturated rings. The molecule has 1 heterocycles. The number of halogens is 4. The van der Waals surface area contributed by atoms with Gasteiger partial charge in [-0.05, 0) is 36.1 Å². The molecule has 1 aliphatic carbocycles. The van der Waals surface area contributed by atoms with Crippen LogP contribution in [-0.2, 0) is 11.2 Å². The Bertz CT molecular complexity index is 707. The van der Waals surface area contributed by atoms with Crippen LogP contribution in [0.1, 0.15) is 23.6 Å². The van der Waals surface area contributed by atoms with Crippen molar-refractivity contribution in [3.8, 4) is 0 Å². The van der Waals surface area contributed by atoms with Gasteiger partial charge in [-0.2, -0.15) is 13.2 Å². The van der Waals surface area contributed by atoms with Crippen LogP contribution in [0.4, 0.5) is 22.4 Å². The third-order valence-corrected chi connectivity index (χ3v) is 4.83. The summed E-state index contributed by atoms with van der Waals surface area (Å²) in [5.74, 6) is -5.71. The number of amides is 2. The van der Waals surface area contributed by atoms with Gasteiger partial charge < -0.3 is 15.3 Å². The molecule has 0 radical (unpaired) electrons. The average molecular weight is 360 g/mol. The molecule has 3 rings (SSSR count). The average Bonchev–Trinajstić information content (AvgIpc) is 3.11. The summed E-state index contributed by atoms with van der Waals surface area (Å²) in [5.41, 5.74) is 1.49. The molecular weight excluding hydrogens is 344 g/mol. The number of carbonyl (C=O) groups excluding carboxylic acids is 1. The minimum absolute atomic E-state index is 0.386. The van der Waals surface area contributed by atoms with Gasteiger partial charge >= 0.3 is 18.2 Å². The zero-order valence-electron chi connectivity index (χ0n) is 13.0. The van der Waals surface area contributed by atoms with Crippen molar-refractivity contribution < 1.29 is 32.3 Å². The summed E-state index contributed by atoms with van der Waals surface area (Å²) in [6.07, 6.45) is -3.61. The Balaban J connectivity index is 1.70. The molecule has 5 nitrogen and oxygen atoms in total. The van der Waals surface area contributed by atoms with Crippen LogP contribution in [0.25, 0.3) is 0 Å². The maximum atomic E-state index is 13.2. The van der Waals surface area contributed by atoms with Gasteiger partial charge in [0.15, 0.2) is 0 Å². The summed E-state index contributed by atoms with van der Waals surface area (Å²) < 4.78 is 52.2. The van der Waals surface area contributed by atoms with Crippen molar-refractivity contribution in [2.24, 2.45) is 11.8 Å². The molecule has 1 aromatic rings. The lowest BCUT2D eigenvalue weighted by Crippen LogP contribution is -2.40. The zero-order valence-corrected chi connectivity index (χ0v) is 13.0. The third-order valence-electron chi connectivity index (χ3n) is 4.83. The van der Waals surface area contributed by atoms with E-state index in [2.05, 4.69) is 5.32 Å². The maximum absolute atomic E-state index is 13.2. The summed E-state index contributed by atoms with van der Waals surface area (Å²) >= 11 is 0. The standard InChI is InChI=1S/C16H16F4N2O3/c17-9-2-3-10-8(5-9)1-4-13(10)21-15(25)22-6-11(14(23)24)12(7-22)16(18,19)20/h2-3,5,11-13H,1,4,6-7H2,(H,21,25)(H,23,24)/t11-,12-,13?/m1/s1. The van der Waals surface area contributed by atoms with Gasteiger partial charge in [0.1, 0.15) is 5.82 Å². The lowest BCUT2D eigenvalue weighted by atomic mass is 9.96. The monoisotopic (exact) mass is 360 g/mol. The van der Waals surface area contributed by atoms with Crippen LogP contribution in [0.3, 0.4) is 0 Å². The van der Waals surface area contributed by atoms with Crippen LogP contribution >= 0.6 is 0 Å². The first-order valence-electron chi connectivity index (χ1n) is 7.80. The van der Waals surface area contributed by atoms with Crippen molar-refractivity contribution in [3.05, 3.63) is 35.1 Å². The molecule has 2 N–H and O–H groups in total. The Morgan fingerprint density at radius 3 is 2.56 bits per heavy atom. The van der Waals surface area contributed by atoms with E-state index in [1.165, 1.54) is 12.1 Å². The molecule has 0 saturated carbocycles. The van der Waals surface area contributed by atoms with Crippen molar-refractivity contribution in [3.63, 3.8) is 0 Å². The number of nitrogens with one attached hydrogen (secondary N) is 1. The Morgan fingerprint density at radius 1 is 1.24 bits per heavy atom. The van der Waals surface area contributed by atoms with E-state index in [0.29, 0.717) is 12.8 Å². The van der Waals surface area contributed by atoms with Crippen molar-refractivity contribution in [2.45, 2.75) is 25.1 Å². The molecule has 25 heavy (non-hydrogen) atoms. The number of nitrogens with zero attached hydrogens (tertiary/aromatic N) is 1. The number of carboxylic acid groups (broad SMARTS) is 1. The SMILES string of the molecule is O=C(O)[C@@H]1CN(C(=O)NC2CCc3cc(F)ccc32)C[C@H]1C(F)(F)F. The largest absolute Gasteiger partial charge is 0.481 e. The highest BCUT2D eigenvalue weighted by Gasteiger charge is 2.53. The normalized spacial score (nSPS) is 25.8. The summed E-state index contributed by atoms with van der Waals surface area (Å²) in [7, 11) is 0. The van der Waals surface area contributed by atoms with Crippen LogP contribution in [0.15, 0.2) is 18.2 Å². The zero-order chi connectivity index (χ0) is 18.4. The molecule has 136 valence electrons. The molecule has 1 aliphatic heterocycles. The second-order valence-corrected chi connectivity index (χ2v) is 6.38. The molecule has 0 spiro atoms. The van der Waals surface area contributed by atoms with Crippen LogP contribution in [0, 0.1) is 17.7 Å². The number of rotatable bonds is 2. The summed E-state index contributed by atoms with van der Waals surface area (Å²) in [4.78, 5) is 24.3. The number of aliphatic carboxylic acids is 1. The second kappa shape index (κ2) is 6.20. The number of alkyl halides is 3. The summed E-state index contributed by atoms with van der Waals surface area (Å²) in [6, 6.07) is 3.03. The number of carbonyl (C=O) groups is 2. The van der Waals surface area contributed by atoms with Crippen molar-refractivity contribution in [1.82, 2.24) is 10.2 Å². The van der Waals surface area contributed by atoms with E-state index in [1.54, 1.807) is 6.07 Å². The van der Waals surface area contributed by atoms with Crippen LogP contribution in [0.5, 0.6) is 0 Å². The molecule has 2 aliphatic rings.